The third-order valence-electron chi connectivity index (χ3n) is 5.55. The Morgan fingerprint density at radius 3 is 2.52 bits per heavy atom. The molecule has 0 bridgehead atoms. The zero-order valence-electron chi connectivity index (χ0n) is 22.8. The molecule has 1 heterocycles. The van der Waals surface area contributed by atoms with Crippen molar-refractivity contribution in [3.05, 3.63) is 58.8 Å². The third kappa shape index (κ3) is 7.63. The van der Waals surface area contributed by atoms with Crippen molar-refractivity contribution in [2.75, 3.05) is 27.4 Å². The highest BCUT2D eigenvalue weighted by Gasteiger charge is 2.32. The molecule has 40 heavy (non-hydrogen) atoms. The molecule has 13 heteroatoms. The predicted molar refractivity (Wildman–Crippen MR) is 143 cm³/mol. The van der Waals surface area contributed by atoms with Gasteiger partial charge in [0.15, 0.2) is 29.2 Å². The van der Waals surface area contributed by atoms with Crippen LogP contribution in [0.1, 0.15) is 37.9 Å². The largest absolute Gasteiger partial charge is 0.493 e. The number of hydrogen-bond donors (Lipinski definition) is 4. The number of carbonyl (C=O) groups excluding carboxylic acids is 3. The van der Waals surface area contributed by atoms with E-state index in [0.29, 0.717) is 40.7 Å². The van der Waals surface area contributed by atoms with Gasteiger partial charge in [0.05, 0.1) is 38.7 Å². The number of nitrogens with zero attached hydrogens (tertiary/aromatic N) is 1. The molecule has 0 saturated heterocycles. The number of ether oxygens (including phenoxy) is 5. The lowest BCUT2D eigenvalue weighted by atomic mass is 9.95. The van der Waals surface area contributed by atoms with E-state index in [-0.39, 0.29) is 17.9 Å². The van der Waals surface area contributed by atoms with Crippen LogP contribution in [0.25, 0.3) is 0 Å². The molecule has 0 aromatic heterocycles. The van der Waals surface area contributed by atoms with Gasteiger partial charge < -0.3 is 39.4 Å². The van der Waals surface area contributed by atoms with Crippen LogP contribution in [0.5, 0.6) is 23.0 Å². The van der Waals surface area contributed by atoms with Gasteiger partial charge in [-0.1, -0.05) is 6.07 Å². The number of benzene rings is 2. The summed E-state index contributed by atoms with van der Waals surface area (Å²) in [7, 11) is 2.71. The third-order valence-corrected chi connectivity index (χ3v) is 5.55. The van der Waals surface area contributed by atoms with Gasteiger partial charge in [0.2, 0.25) is 0 Å². The van der Waals surface area contributed by atoms with Crippen LogP contribution >= 0.6 is 0 Å². The monoisotopic (exact) mass is 556 g/mol. The van der Waals surface area contributed by atoms with Gasteiger partial charge in [-0.2, -0.15) is 5.10 Å². The van der Waals surface area contributed by atoms with Crippen LogP contribution in [0.3, 0.4) is 0 Å². The fourth-order valence-electron chi connectivity index (χ4n) is 3.82. The lowest BCUT2D eigenvalue weighted by Gasteiger charge is -2.28. The fourth-order valence-corrected chi connectivity index (χ4v) is 3.82. The molecule has 1 aliphatic heterocycles. The standard InChI is InChI=1S/C27H32N4O9/c1-6-38-22-12-18(25-24(26(34)37-5)15(2)29-27(35)30-25)8-10-19(22)39-14-23(33)31-28-13-17-7-9-20(40-16(3)32)21(11-17)36-4/h7-13,23,25,31,33H,6,14H2,1-5H3,(H2,29,30,35)/b28-13-/t23-,25-/m1/s1. The molecule has 0 unspecified atom stereocenters. The summed E-state index contributed by atoms with van der Waals surface area (Å²) < 4.78 is 26.6. The highest BCUT2D eigenvalue weighted by atomic mass is 16.6. The first kappa shape index (κ1) is 29.8. The number of hydrazone groups is 1. The smallest absolute Gasteiger partial charge is 0.337 e. The average molecular weight is 557 g/mol. The van der Waals surface area contributed by atoms with Crippen LogP contribution in [0, 0.1) is 0 Å². The van der Waals surface area contributed by atoms with Gasteiger partial charge in [-0.25, -0.2) is 9.59 Å². The number of methoxy groups -OCH3 is 2. The Kier molecular flexibility index (Phi) is 10.3. The summed E-state index contributed by atoms with van der Waals surface area (Å²) in [4.78, 5) is 35.7. The number of carbonyl (C=O) groups is 3. The quantitative estimate of drug-likeness (QED) is 0.100. The molecule has 0 saturated carbocycles. The molecule has 2 atom stereocenters. The van der Waals surface area contributed by atoms with E-state index in [9.17, 15) is 19.5 Å². The molecule has 214 valence electrons. The second-order valence-corrected chi connectivity index (χ2v) is 8.42. The lowest BCUT2D eigenvalue weighted by molar-refractivity contribution is -0.136. The zero-order chi connectivity index (χ0) is 29.2. The topological polar surface area (TPSA) is 166 Å². The summed E-state index contributed by atoms with van der Waals surface area (Å²) in [5.74, 6) is 0.264. The first-order chi connectivity index (χ1) is 19.2. The molecule has 3 rings (SSSR count). The van der Waals surface area contributed by atoms with Gasteiger partial charge in [-0.3, -0.25) is 10.2 Å². The molecule has 1 aliphatic rings. The van der Waals surface area contributed by atoms with Crippen molar-refractivity contribution in [3.63, 3.8) is 0 Å². The zero-order valence-corrected chi connectivity index (χ0v) is 22.8. The number of allylic oxidation sites excluding steroid dienone is 1. The van der Waals surface area contributed by atoms with Crippen molar-refractivity contribution >= 4 is 24.2 Å². The van der Waals surface area contributed by atoms with Gasteiger partial charge in [-0.05, 0) is 55.3 Å². The number of urea groups is 1. The summed E-state index contributed by atoms with van der Waals surface area (Å²) in [6, 6.07) is 8.57. The summed E-state index contributed by atoms with van der Waals surface area (Å²) >= 11 is 0. The van der Waals surface area contributed by atoms with E-state index in [4.69, 9.17) is 23.7 Å². The first-order valence-electron chi connectivity index (χ1n) is 12.3. The Bertz CT molecular complexity index is 1310. The highest BCUT2D eigenvalue weighted by Crippen LogP contribution is 2.35. The van der Waals surface area contributed by atoms with E-state index < -0.39 is 30.2 Å². The van der Waals surface area contributed by atoms with Crippen molar-refractivity contribution in [2.24, 2.45) is 5.10 Å². The normalized spacial score (nSPS) is 15.6. The van der Waals surface area contributed by atoms with Gasteiger partial charge in [-0.15, -0.1) is 0 Å². The van der Waals surface area contributed by atoms with Crippen molar-refractivity contribution in [1.82, 2.24) is 16.1 Å². The predicted octanol–water partition coefficient (Wildman–Crippen LogP) is 2.14. The van der Waals surface area contributed by atoms with E-state index in [1.807, 2.05) is 0 Å². The highest BCUT2D eigenvalue weighted by molar-refractivity contribution is 5.95. The Balaban J connectivity index is 1.68. The Hall–Kier alpha value is -4.78. The number of amides is 2. The lowest BCUT2D eigenvalue weighted by Crippen LogP contribution is -2.45. The fraction of sp³-hybridized carbons (Fsp3) is 0.333. The molecule has 0 spiro atoms. The molecule has 0 radical (unpaired) electrons. The molecule has 2 aromatic rings. The van der Waals surface area contributed by atoms with Gasteiger partial charge in [0.25, 0.3) is 0 Å². The molecular weight excluding hydrogens is 524 g/mol. The van der Waals surface area contributed by atoms with E-state index in [2.05, 4.69) is 21.2 Å². The van der Waals surface area contributed by atoms with Crippen molar-refractivity contribution < 1.29 is 43.2 Å². The molecule has 0 fully saturated rings. The van der Waals surface area contributed by atoms with E-state index in [0.717, 1.165) is 0 Å². The molecule has 13 nitrogen and oxygen atoms in total. The number of aliphatic hydroxyl groups is 1. The molecule has 2 amide bonds. The second kappa shape index (κ2) is 13.8. The summed E-state index contributed by atoms with van der Waals surface area (Å²) in [6.45, 7) is 4.85. The molecule has 2 aromatic carbocycles. The van der Waals surface area contributed by atoms with E-state index >= 15 is 0 Å². The van der Waals surface area contributed by atoms with Crippen LogP contribution in [-0.2, 0) is 14.3 Å². The second-order valence-electron chi connectivity index (χ2n) is 8.42. The Labute approximate surface area is 231 Å². The van der Waals surface area contributed by atoms with Crippen LogP contribution < -0.4 is 35.0 Å². The minimum absolute atomic E-state index is 0.179. The van der Waals surface area contributed by atoms with Crippen LogP contribution in [0.15, 0.2) is 52.8 Å². The number of rotatable bonds is 12. The maximum absolute atomic E-state index is 12.4. The van der Waals surface area contributed by atoms with Crippen molar-refractivity contribution in [1.29, 1.82) is 0 Å². The van der Waals surface area contributed by atoms with Crippen LogP contribution in [-0.4, -0.2) is 63.0 Å². The number of nitrogens with one attached hydrogen (secondary N) is 3. The van der Waals surface area contributed by atoms with Crippen LogP contribution in [0.2, 0.25) is 0 Å². The van der Waals surface area contributed by atoms with Gasteiger partial charge in [0, 0.05) is 12.6 Å². The number of aliphatic hydroxyl groups excluding tert-OH is 1. The van der Waals surface area contributed by atoms with Crippen molar-refractivity contribution in [2.45, 2.75) is 33.0 Å². The molecular formula is C27H32N4O9. The van der Waals surface area contributed by atoms with Crippen molar-refractivity contribution in [3.8, 4) is 23.0 Å². The minimum atomic E-state index is -1.17. The van der Waals surface area contributed by atoms with E-state index in [1.54, 1.807) is 50.2 Å². The average Bonchev–Trinajstić information content (AvgIpc) is 2.92. The summed E-state index contributed by atoms with van der Waals surface area (Å²) in [5, 5.41) is 19.6. The van der Waals surface area contributed by atoms with Gasteiger partial charge in [0.1, 0.15) is 6.61 Å². The maximum atomic E-state index is 12.4. The Morgan fingerprint density at radius 2 is 1.85 bits per heavy atom. The first-order valence-corrected chi connectivity index (χ1v) is 12.3. The van der Waals surface area contributed by atoms with Gasteiger partial charge >= 0.3 is 18.0 Å². The van der Waals surface area contributed by atoms with E-state index in [1.165, 1.54) is 27.4 Å². The van der Waals surface area contributed by atoms with Crippen LogP contribution in [0.4, 0.5) is 4.79 Å². The number of hydrogen-bond acceptors (Lipinski definition) is 11. The molecule has 0 aliphatic carbocycles. The minimum Gasteiger partial charge on any atom is -0.493 e. The summed E-state index contributed by atoms with van der Waals surface area (Å²) in [5.41, 5.74) is 4.40. The maximum Gasteiger partial charge on any atom is 0.337 e. The number of esters is 2. The Morgan fingerprint density at radius 1 is 1.10 bits per heavy atom. The molecule has 4 N–H and O–H groups in total. The SMILES string of the molecule is CCOc1cc([C@H]2NC(=O)NC(C)=C2C(=O)OC)ccc1OC[C@@H](O)N/N=C\c1ccc(OC(C)=O)c(OC)c1. The summed E-state index contributed by atoms with van der Waals surface area (Å²) in [6.07, 6.45) is 0.277.